The summed E-state index contributed by atoms with van der Waals surface area (Å²) in [5.41, 5.74) is 0. The third-order valence-electron chi connectivity index (χ3n) is 2.75. The summed E-state index contributed by atoms with van der Waals surface area (Å²) in [6, 6.07) is 4.01. The molecule has 2 N–H and O–H groups in total. The van der Waals surface area contributed by atoms with Gasteiger partial charge in [-0.3, -0.25) is 4.79 Å². The van der Waals surface area contributed by atoms with Gasteiger partial charge in [-0.2, -0.15) is 0 Å². The second-order valence-electron chi connectivity index (χ2n) is 4.49. The zero-order valence-electron chi connectivity index (χ0n) is 10.8. The number of furan rings is 1. The summed E-state index contributed by atoms with van der Waals surface area (Å²) in [5.74, 6) is 1.08. The lowest BCUT2D eigenvalue weighted by Gasteiger charge is -2.16. The fraction of sp³-hybridized carbons (Fsp3) is 0.615. The summed E-state index contributed by atoms with van der Waals surface area (Å²) in [5, 5.41) is 6.01. The van der Waals surface area contributed by atoms with Crippen LogP contribution in [0.5, 0.6) is 0 Å². The van der Waals surface area contributed by atoms with Gasteiger partial charge in [-0.05, 0) is 32.5 Å². The highest BCUT2D eigenvalue weighted by atomic mass is 16.3. The highest BCUT2D eigenvalue weighted by molar-refractivity contribution is 5.78. The van der Waals surface area contributed by atoms with Crippen LogP contribution in [0.2, 0.25) is 0 Å². The number of hydrogen-bond acceptors (Lipinski definition) is 3. The lowest BCUT2D eigenvalue weighted by atomic mass is 10.1. The first kappa shape index (κ1) is 13.8. The second kappa shape index (κ2) is 7.12. The molecule has 1 rings (SSSR count). The Bertz CT molecular complexity index is 322. The van der Waals surface area contributed by atoms with E-state index in [4.69, 9.17) is 4.42 Å². The van der Waals surface area contributed by atoms with Crippen molar-refractivity contribution in [3.05, 3.63) is 24.2 Å². The third kappa shape index (κ3) is 5.04. The van der Waals surface area contributed by atoms with Crippen molar-refractivity contribution in [2.24, 2.45) is 5.92 Å². The quantitative estimate of drug-likeness (QED) is 0.758. The predicted molar refractivity (Wildman–Crippen MR) is 67.7 cm³/mol. The molecule has 0 saturated carbocycles. The Kier molecular flexibility index (Phi) is 5.77. The first-order valence-electron chi connectivity index (χ1n) is 6.10. The molecule has 0 fully saturated rings. The summed E-state index contributed by atoms with van der Waals surface area (Å²) in [6.45, 7) is 4.65. The molecule has 0 saturated heterocycles. The highest BCUT2D eigenvalue weighted by Crippen LogP contribution is 2.06. The maximum Gasteiger partial charge on any atom is 0.224 e. The van der Waals surface area contributed by atoms with Crippen molar-refractivity contribution >= 4 is 5.91 Å². The molecular formula is C13H22N2O2. The van der Waals surface area contributed by atoms with Gasteiger partial charge in [-0.1, -0.05) is 6.92 Å². The number of nitrogens with one attached hydrogen (secondary N) is 2. The number of aryl methyl sites for hydroxylation is 1. The van der Waals surface area contributed by atoms with Crippen LogP contribution in [0, 0.1) is 5.92 Å². The van der Waals surface area contributed by atoms with Crippen molar-refractivity contribution in [1.82, 2.24) is 10.6 Å². The number of rotatable bonds is 7. The Morgan fingerprint density at radius 3 is 2.82 bits per heavy atom. The fourth-order valence-electron chi connectivity index (χ4n) is 1.67. The molecule has 2 atom stereocenters. The standard InChI is InChI=1S/C13H22N2O2/c1-10(9-14-3)13(16)15-11(2)6-7-12-5-4-8-17-12/h4-5,8,10-11,14H,6-7,9H2,1-3H3,(H,15,16). The molecule has 0 aliphatic rings. The monoisotopic (exact) mass is 238 g/mol. The van der Waals surface area contributed by atoms with E-state index in [1.807, 2.05) is 33.0 Å². The van der Waals surface area contributed by atoms with E-state index in [1.54, 1.807) is 6.26 Å². The molecule has 0 aliphatic heterocycles. The van der Waals surface area contributed by atoms with E-state index in [-0.39, 0.29) is 17.9 Å². The first-order chi connectivity index (χ1) is 8.13. The fourth-order valence-corrected chi connectivity index (χ4v) is 1.67. The summed E-state index contributed by atoms with van der Waals surface area (Å²) in [7, 11) is 1.85. The van der Waals surface area contributed by atoms with Crippen LogP contribution in [-0.2, 0) is 11.2 Å². The minimum atomic E-state index is 0.00561. The molecule has 1 aromatic rings. The van der Waals surface area contributed by atoms with Gasteiger partial charge in [-0.25, -0.2) is 0 Å². The van der Waals surface area contributed by atoms with Gasteiger partial charge < -0.3 is 15.1 Å². The molecule has 0 radical (unpaired) electrons. The summed E-state index contributed by atoms with van der Waals surface area (Å²) in [4.78, 5) is 11.7. The topological polar surface area (TPSA) is 54.3 Å². The van der Waals surface area contributed by atoms with E-state index >= 15 is 0 Å². The van der Waals surface area contributed by atoms with Crippen LogP contribution in [0.15, 0.2) is 22.8 Å². The van der Waals surface area contributed by atoms with Gasteiger partial charge in [0.25, 0.3) is 0 Å². The third-order valence-corrected chi connectivity index (χ3v) is 2.75. The summed E-state index contributed by atoms with van der Waals surface area (Å²) >= 11 is 0. The molecule has 0 spiro atoms. The Morgan fingerprint density at radius 1 is 1.47 bits per heavy atom. The van der Waals surface area contributed by atoms with Gasteiger partial charge in [0, 0.05) is 24.9 Å². The minimum Gasteiger partial charge on any atom is -0.469 e. The molecule has 0 aromatic carbocycles. The molecule has 0 aliphatic carbocycles. The van der Waals surface area contributed by atoms with E-state index < -0.39 is 0 Å². The summed E-state index contributed by atoms with van der Waals surface area (Å²) in [6.07, 6.45) is 3.42. The van der Waals surface area contributed by atoms with Crippen LogP contribution in [-0.4, -0.2) is 25.5 Å². The molecule has 96 valence electrons. The molecule has 17 heavy (non-hydrogen) atoms. The van der Waals surface area contributed by atoms with E-state index in [0.717, 1.165) is 18.6 Å². The van der Waals surface area contributed by atoms with Gasteiger partial charge >= 0.3 is 0 Å². The van der Waals surface area contributed by atoms with Crippen LogP contribution in [0.4, 0.5) is 0 Å². The average Bonchev–Trinajstić information content (AvgIpc) is 2.79. The predicted octanol–water partition coefficient (Wildman–Crippen LogP) is 1.57. The number of carbonyl (C=O) groups excluding carboxylic acids is 1. The second-order valence-corrected chi connectivity index (χ2v) is 4.49. The van der Waals surface area contributed by atoms with Crippen molar-refractivity contribution < 1.29 is 9.21 Å². The maximum absolute atomic E-state index is 11.7. The summed E-state index contributed by atoms with van der Waals surface area (Å²) < 4.78 is 5.25. The van der Waals surface area contributed by atoms with Gasteiger partial charge in [0.15, 0.2) is 0 Å². The Balaban J connectivity index is 2.24. The number of hydrogen-bond donors (Lipinski definition) is 2. The van der Waals surface area contributed by atoms with Gasteiger partial charge in [0.1, 0.15) is 5.76 Å². The molecular weight excluding hydrogens is 216 g/mol. The lowest BCUT2D eigenvalue weighted by Crippen LogP contribution is -2.39. The molecule has 1 heterocycles. The molecule has 1 aromatic heterocycles. The first-order valence-corrected chi connectivity index (χ1v) is 6.10. The van der Waals surface area contributed by atoms with Crippen molar-refractivity contribution in [1.29, 1.82) is 0 Å². The normalized spacial score (nSPS) is 14.3. The average molecular weight is 238 g/mol. The zero-order valence-corrected chi connectivity index (χ0v) is 10.8. The molecule has 4 heteroatoms. The largest absolute Gasteiger partial charge is 0.469 e. The SMILES string of the molecule is CNCC(C)C(=O)NC(C)CCc1ccco1. The van der Waals surface area contributed by atoms with Gasteiger partial charge in [-0.15, -0.1) is 0 Å². The minimum absolute atomic E-state index is 0.00561. The van der Waals surface area contributed by atoms with Crippen molar-refractivity contribution in [2.75, 3.05) is 13.6 Å². The molecule has 4 nitrogen and oxygen atoms in total. The Hall–Kier alpha value is -1.29. The van der Waals surface area contributed by atoms with Gasteiger partial charge in [0.2, 0.25) is 5.91 Å². The zero-order chi connectivity index (χ0) is 12.7. The molecule has 1 amide bonds. The van der Waals surface area contributed by atoms with Crippen molar-refractivity contribution in [3.63, 3.8) is 0 Å². The Morgan fingerprint density at radius 2 is 2.24 bits per heavy atom. The van der Waals surface area contributed by atoms with E-state index in [9.17, 15) is 4.79 Å². The van der Waals surface area contributed by atoms with E-state index in [2.05, 4.69) is 10.6 Å². The number of amides is 1. The van der Waals surface area contributed by atoms with Crippen LogP contribution in [0.3, 0.4) is 0 Å². The smallest absolute Gasteiger partial charge is 0.224 e. The highest BCUT2D eigenvalue weighted by Gasteiger charge is 2.14. The van der Waals surface area contributed by atoms with Crippen molar-refractivity contribution in [2.45, 2.75) is 32.7 Å². The molecule has 2 unspecified atom stereocenters. The van der Waals surface area contributed by atoms with E-state index in [1.165, 1.54) is 0 Å². The van der Waals surface area contributed by atoms with Crippen molar-refractivity contribution in [3.8, 4) is 0 Å². The number of carbonyl (C=O) groups is 1. The maximum atomic E-state index is 11.7. The Labute approximate surface area is 103 Å². The molecule has 0 bridgehead atoms. The van der Waals surface area contributed by atoms with Crippen LogP contribution < -0.4 is 10.6 Å². The van der Waals surface area contributed by atoms with Gasteiger partial charge in [0.05, 0.1) is 6.26 Å². The van der Waals surface area contributed by atoms with E-state index in [0.29, 0.717) is 6.54 Å². The van der Waals surface area contributed by atoms with Crippen LogP contribution in [0.25, 0.3) is 0 Å². The van der Waals surface area contributed by atoms with Crippen LogP contribution in [0.1, 0.15) is 26.0 Å². The van der Waals surface area contributed by atoms with Crippen LogP contribution >= 0.6 is 0 Å². The lowest BCUT2D eigenvalue weighted by molar-refractivity contribution is -0.125.